The molecule has 1 N–H and O–H groups in total. The van der Waals surface area contributed by atoms with Crippen LogP contribution >= 0.6 is 0 Å². The van der Waals surface area contributed by atoms with E-state index in [2.05, 4.69) is 5.32 Å². The van der Waals surface area contributed by atoms with E-state index in [0.717, 1.165) is 21.7 Å². The zero-order valence-electron chi connectivity index (χ0n) is 21.7. The van der Waals surface area contributed by atoms with Crippen LogP contribution in [0, 0.1) is 6.92 Å². The maximum absolute atomic E-state index is 13.6. The van der Waals surface area contributed by atoms with E-state index in [4.69, 9.17) is 4.74 Å². The van der Waals surface area contributed by atoms with Crippen molar-refractivity contribution in [2.24, 2.45) is 0 Å². The third kappa shape index (κ3) is 8.28. The Morgan fingerprint density at radius 1 is 1.09 bits per heavy atom. The molecule has 0 saturated carbocycles. The van der Waals surface area contributed by atoms with Crippen LogP contribution in [-0.2, 0) is 26.2 Å². The molecule has 8 nitrogen and oxygen atoms in total. The zero-order valence-corrected chi connectivity index (χ0v) is 22.5. The minimum Gasteiger partial charge on any atom is -0.492 e. The molecule has 2 rings (SSSR count). The molecule has 0 radical (unpaired) electrons. The lowest BCUT2D eigenvalue weighted by Crippen LogP contribution is -2.54. The van der Waals surface area contributed by atoms with Crippen LogP contribution in [0.25, 0.3) is 0 Å². The summed E-state index contributed by atoms with van der Waals surface area (Å²) in [5, 5.41) is 2.91. The van der Waals surface area contributed by atoms with Gasteiger partial charge in [-0.15, -0.1) is 0 Å². The summed E-state index contributed by atoms with van der Waals surface area (Å²) >= 11 is 0. The highest BCUT2D eigenvalue weighted by Crippen LogP contribution is 2.30. The first kappa shape index (κ1) is 28.2. The monoisotopic (exact) mass is 503 g/mol. The average molecular weight is 504 g/mol. The topological polar surface area (TPSA) is 96.0 Å². The minimum absolute atomic E-state index is 0.157. The molecule has 2 aromatic rings. The van der Waals surface area contributed by atoms with Crippen molar-refractivity contribution in [3.8, 4) is 5.75 Å². The van der Waals surface area contributed by atoms with Gasteiger partial charge in [0.15, 0.2) is 0 Å². The van der Waals surface area contributed by atoms with Crippen LogP contribution < -0.4 is 14.4 Å². The number of carbonyl (C=O) groups is 2. The number of hydrogen-bond acceptors (Lipinski definition) is 5. The number of aryl methyl sites for hydroxylation is 1. The van der Waals surface area contributed by atoms with Crippen molar-refractivity contribution >= 4 is 27.5 Å². The molecule has 0 aromatic heterocycles. The van der Waals surface area contributed by atoms with Crippen LogP contribution in [0.1, 0.15) is 45.7 Å². The lowest BCUT2D eigenvalue weighted by Gasteiger charge is -2.33. The predicted octanol–water partition coefficient (Wildman–Crippen LogP) is 3.49. The van der Waals surface area contributed by atoms with E-state index >= 15 is 0 Å². The molecule has 0 aliphatic rings. The van der Waals surface area contributed by atoms with Crippen molar-refractivity contribution in [3.63, 3.8) is 0 Å². The van der Waals surface area contributed by atoms with Gasteiger partial charge in [-0.05, 0) is 59.2 Å². The molecule has 0 aliphatic carbocycles. The molecule has 0 spiro atoms. The van der Waals surface area contributed by atoms with E-state index in [9.17, 15) is 18.0 Å². The van der Waals surface area contributed by atoms with Gasteiger partial charge in [-0.25, -0.2) is 8.42 Å². The van der Waals surface area contributed by atoms with Crippen molar-refractivity contribution in [2.75, 3.05) is 23.7 Å². The van der Waals surface area contributed by atoms with Crippen molar-refractivity contribution in [3.05, 3.63) is 59.7 Å². The molecule has 0 saturated heterocycles. The summed E-state index contributed by atoms with van der Waals surface area (Å²) in [4.78, 5) is 28.1. The van der Waals surface area contributed by atoms with Gasteiger partial charge < -0.3 is 15.0 Å². The summed E-state index contributed by atoms with van der Waals surface area (Å²) in [5.41, 5.74) is 1.64. The fourth-order valence-corrected chi connectivity index (χ4v) is 4.45. The third-order valence-electron chi connectivity index (χ3n) is 5.21. The second kappa shape index (κ2) is 11.6. The Balaban J connectivity index is 2.45. The summed E-state index contributed by atoms with van der Waals surface area (Å²) in [6.45, 7) is 11.0. The number of para-hydroxylation sites is 2. The van der Waals surface area contributed by atoms with Gasteiger partial charge in [-0.2, -0.15) is 0 Å². The highest BCUT2D eigenvalue weighted by Gasteiger charge is 2.32. The highest BCUT2D eigenvalue weighted by molar-refractivity contribution is 7.92. The fourth-order valence-electron chi connectivity index (χ4n) is 3.60. The molecular weight excluding hydrogens is 466 g/mol. The number of ether oxygens (including phenoxy) is 1. The van der Waals surface area contributed by atoms with Gasteiger partial charge in [0.2, 0.25) is 21.8 Å². The summed E-state index contributed by atoms with van der Waals surface area (Å²) in [6, 6.07) is 13.5. The molecule has 0 aliphatic heterocycles. The Bertz CT molecular complexity index is 1140. The lowest BCUT2D eigenvalue weighted by molar-refractivity contribution is -0.140. The summed E-state index contributed by atoms with van der Waals surface area (Å²) < 4.78 is 32.2. The number of benzene rings is 2. The van der Waals surface area contributed by atoms with Crippen molar-refractivity contribution in [1.29, 1.82) is 0 Å². The zero-order chi connectivity index (χ0) is 26.4. The normalized spacial score (nSPS) is 12.5. The Hall–Kier alpha value is -3.07. The molecular formula is C26H37N3O5S. The summed E-state index contributed by atoms with van der Waals surface area (Å²) in [7, 11) is -3.84. The van der Waals surface area contributed by atoms with Gasteiger partial charge in [0.05, 0.1) is 18.6 Å². The van der Waals surface area contributed by atoms with E-state index in [0.29, 0.717) is 12.4 Å². The van der Waals surface area contributed by atoms with Gasteiger partial charge in [-0.3, -0.25) is 13.9 Å². The first-order valence-electron chi connectivity index (χ1n) is 11.6. The molecule has 9 heteroatoms. The number of anilines is 1. The Kier molecular flexibility index (Phi) is 9.31. The average Bonchev–Trinajstić information content (AvgIpc) is 2.74. The molecule has 2 amide bonds. The maximum Gasteiger partial charge on any atom is 0.244 e. The lowest BCUT2D eigenvalue weighted by atomic mass is 10.1. The number of nitrogens with zero attached hydrogens (tertiary/aromatic N) is 2. The SMILES string of the molecule is CCOc1ccccc1N(CC(=O)N(Cc1cccc(C)c1)C(C)C(=O)NC(C)(C)C)S(C)(=O)=O. The number of sulfonamides is 1. The first-order valence-corrected chi connectivity index (χ1v) is 13.4. The molecule has 1 atom stereocenters. The smallest absolute Gasteiger partial charge is 0.244 e. The van der Waals surface area contributed by atoms with E-state index in [-0.39, 0.29) is 18.1 Å². The second-order valence-electron chi connectivity index (χ2n) is 9.60. The number of amides is 2. The van der Waals surface area contributed by atoms with E-state index in [1.807, 2.05) is 52.0 Å². The Labute approximate surface area is 209 Å². The number of carbonyl (C=O) groups excluding carboxylic acids is 2. The summed E-state index contributed by atoms with van der Waals surface area (Å²) in [6.07, 6.45) is 1.05. The van der Waals surface area contributed by atoms with Crippen LogP contribution in [0.4, 0.5) is 5.69 Å². The molecule has 192 valence electrons. The van der Waals surface area contributed by atoms with Gasteiger partial charge in [-0.1, -0.05) is 42.0 Å². The standard InChI is InChI=1S/C26H37N3O5S/c1-8-34-23-15-10-9-14-22(23)29(35(7,32)33)18-24(30)28(17-21-13-11-12-19(2)16-21)20(3)25(31)27-26(4,5)6/h9-16,20H,8,17-18H2,1-7H3,(H,27,31). The van der Waals surface area contributed by atoms with Gasteiger partial charge in [0.1, 0.15) is 18.3 Å². The third-order valence-corrected chi connectivity index (χ3v) is 6.34. The highest BCUT2D eigenvalue weighted by atomic mass is 32.2. The van der Waals surface area contributed by atoms with Crippen molar-refractivity contribution in [1.82, 2.24) is 10.2 Å². The largest absolute Gasteiger partial charge is 0.492 e. The molecule has 35 heavy (non-hydrogen) atoms. The quantitative estimate of drug-likeness (QED) is 0.535. The van der Waals surface area contributed by atoms with Gasteiger partial charge >= 0.3 is 0 Å². The number of nitrogens with one attached hydrogen (secondary N) is 1. The van der Waals surface area contributed by atoms with Gasteiger partial charge in [0, 0.05) is 12.1 Å². The molecule has 2 aromatic carbocycles. The van der Waals surface area contributed by atoms with Crippen molar-refractivity contribution in [2.45, 2.75) is 59.7 Å². The fraction of sp³-hybridized carbons (Fsp3) is 0.462. The molecule has 0 bridgehead atoms. The minimum atomic E-state index is -3.84. The van der Waals surface area contributed by atoms with Crippen LogP contribution in [0.15, 0.2) is 48.5 Å². The molecule has 0 heterocycles. The summed E-state index contributed by atoms with van der Waals surface area (Å²) in [5.74, 6) is -0.462. The maximum atomic E-state index is 13.6. The van der Waals surface area contributed by atoms with Crippen LogP contribution in [0.2, 0.25) is 0 Å². The predicted molar refractivity (Wildman–Crippen MR) is 139 cm³/mol. The van der Waals surface area contributed by atoms with Crippen LogP contribution in [0.5, 0.6) is 5.75 Å². The van der Waals surface area contributed by atoms with E-state index in [1.165, 1.54) is 4.90 Å². The van der Waals surface area contributed by atoms with Crippen LogP contribution in [-0.4, -0.2) is 56.1 Å². The van der Waals surface area contributed by atoms with Gasteiger partial charge in [0.25, 0.3) is 0 Å². The number of hydrogen-bond donors (Lipinski definition) is 1. The number of rotatable bonds is 10. The second-order valence-corrected chi connectivity index (χ2v) is 11.5. The van der Waals surface area contributed by atoms with Crippen molar-refractivity contribution < 1.29 is 22.7 Å². The Morgan fingerprint density at radius 2 is 1.74 bits per heavy atom. The van der Waals surface area contributed by atoms with E-state index < -0.39 is 34.1 Å². The Morgan fingerprint density at radius 3 is 2.31 bits per heavy atom. The molecule has 1 unspecified atom stereocenters. The van der Waals surface area contributed by atoms with E-state index in [1.54, 1.807) is 38.1 Å². The van der Waals surface area contributed by atoms with Crippen LogP contribution in [0.3, 0.4) is 0 Å². The molecule has 0 fully saturated rings. The first-order chi connectivity index (χ1) is 16.2.